The van der Waals surface area contributed by atoms with Crippen molar-refractivity contribution >= 4 is 29.4 Å². The second kappa shape index (κ2) is 10.3. The van der Waals surface area contributed by atoms with Crippen molar-refractivity contribution in [2.45, 2.75) is 12.3 Å². The number of nitrogens with one attached hydrogen (secondary N) is 2. The van der Waals surface area contributed by atoms with Crippen LogP contribution in [0.4, 0.5) is 10.5 Å². The summed E-state index contributed by atoms with van der Waals surface area (Å²) in [6, 6.07) is 16.9. The van der Waals surface area contributed by atoms with E-state index in [-0.39, 0.29) is 5.91 Å². The molecule has 0 aliphatic rings. The molecule has 0 bridgehead atoms. The lowest BCUT2D eigenvalue weighted by Crippen LogP contribution is -2.24. The first kappa shape index (κ1) is 20.5. The normalized spacial score (nSPS) is 10.4. The number of rotatable bonds is 8. The molecular weight excluding hydrogens is 390 g/mol. The number of carbonyl (C=O) groups excluding carboxylic acids is 2. The van der Waals surface area contributed by atoms with Crippen molar-refractivity contribution < 1.29 is 18.7 Å². The Morgan fingerprint density at radius 2 is 1.86 bits per heavy atom. The number of hydrogen-bond acceptors (Lipinski definition) is 6. The van der Waals surface area contributed by atoms with Crippen molar-refractivity contribution in [1.29, 1.82) is 0 Å². The zero-order valence-electron chi connectivity index (χ0n) is 15.9. The Kier molecular flexibility index (Phi) is 7.29. The van der Waals surface area contributed by atoms with Crippen LogP contribution >= 0.6 is 11.8 Å². The minimum Gasteiger partial charge on any atom is -0.453 e. The molecule has 0 aliphatic heterocycles. The van der Waals surface area contributed by atoms with Crippen molar-refractivity contribution in [2.24, 2.45) is 0 Å². The first-order valence-electron chi connectivity index (χ1n) is 8.92. The van der Waals surface area contributed by atoms with E-state index in [1.54, 1.807) is 18.4 Å². The van der Waals surface area contributed by atoms with Crippen LogP contribution in [-0.4, -0.2) is 29.8 Å². The van der Waals surface area contributed by atoms with Gasteiger partial charge in [0, 0.05) is 23.5 Å². The smallest absolute Gasteiger partial charge is 0.411 e. The molecule has 150 valence electrons. The average molecular weight is 411 g/mol. The zero-order valence-corrected chi connectivity index (χ0v) is 16.7. The van der Waals surface area contributed by atoms with Crippen molar-refractivity contribution in [3.63, 3.8) is 0 Å². The largest absolute Gasteiger partial charge is 0.453 e. The summed E-state index contributed by atoms with van der Waals surface area (Å²) in [6.07, 6.45) is 1.10. The van der Waals surface area contributed by atoms with Gasteiger partial charge in [-0.3, -0.25) is 10.1 Å². The number of benzene rings is 2. The van der Waals surface area contributed by atoms with Crippen LogP contribution in [0.15, 0.2) is 65.3 Å². The number of ether oxygens (including phenoxy) is 1. The van der Waals surface area contributed by atoms with Crippen LogP contribution in [0.2, 0.25) is 0 Å². The van der Waals surface area contributed by atoms with Gasteiger partial charge in [0.15, 0.2) is 0 Å². The Bertz CT molecular complexity index is 942. The highest BCUT2D eigenvalue weighted by molar-refractivity contribution is 7.99. The van der Waals surface area contributed by atoms with Crippen molar-refractivity contribution in [3.05, 3.63) is 72.1 Å². The number of methoxy groups -OCH3 is 1. The lowest BCUT2D eigenvalue weighted by molar-refractivity contribution is -0.118. The molecule has 0 aliphatic carbocycles. The topological polar surface area (TPSA) is 93.5 Å². The van der Waals surface area contributed by atoms with Crippen molar-refractivity contribution in [3.8, 4) is 11.5 Å². The summed E-state index contributed by atoms with van der Waals surface area (Å²) < 4.78 is 10.0. The van der Waals surface area contributed by atoms with Gasteiger partial charge in [-0.25, -0.2) is 9.78 Å². The molecule has 0 radical (unpaired) electrons. The Balaban J connectivity index is 1.38. The maximum absolute atomic E-state index is 12.0. The van der Waals surface area contributed by atoms with Gasteiger partial charge < -0.3 is 14.5 Å². The molecule has 0 spiro atoms. The third kappa shape index (κ3) is 6.39. The highest BCUT2D eigenvalue weighted by Crippen LogP contribution is 2.20. The van der Waals surface area contributed by atoms with Gasteiger partial charge >= 0.3 is 6.09 Å². The molecule has 1 heterocycles. The Hall–Kier alpha value is -3.26. The van der Waals surface area contributed by atoms with E-state index in [0.717, 1.165) is 16.8 Å². The molecule has 3 rings (SSSR count). The average Bonchev–Trinajstić information content (AvgIpc) is 3.23. The lowest BCUT2D eigenvalue weighted by Gasteiger charge is -2.07. The van der Waals surface area contributed by atoms with E-state index >= 15 is 0 Å². The van der Waals surface area contributed by atoms with Gasteiger partial charge in [-0.2, -0.15) is 0 Å². The van der Waals surface area contributed by atoms with Gasteiger partial charge in [-0.05, 0) is 29.8 Å². The van der Waals surface area contributed by atoms with Crippen LogP contribution in [0, 0.1) is 0 Å². The molecule has 0 unspecified atom stereocenters. The first-order valence-corrected chi connectivity index (χ1v) is 10.1. The monoisotopic (exact) mass is 411 g/mol. The fourth-order valence-electron chi connectivity index (χ4n) is 2.46. The van der Waals surface area contributed by atoms with E-state index < -0.39 is 6.09 Å². The summed E-state index contributed by atoms with van der Waals surface area (Å²) in [5.41, 5.74) is 3.29. The SMILES string of the molecule is COC(=O)Nc1ccc(CNC(=O)CSCc2coc(-c3ccccc3)n2)cc1. The molecule has 1 aromatic heterocycles. The third-order valence-corrected chi connectivity index (χ3v) is 4.90. The molecule has 29 heavy (non-hydrogen) atoms. The number of hydrogen-bond donors (Lipinski definition) is 2. The maximum Gasteiger partial charge on any atom is 0.411 e. The van der Waals surface area contributed by atoms with Gasteiger partial charge in [0.25, 0.3) is 0 Å². The highest BCUT2D eigenvalue weighted by Gasteiger charge is 2.08. The summed E-state index contributed by atoms with van der Waals surface area (Å²) in [7, 11) is 1.31. The number of amides is 2. The Morgan fingerprint density at radius 3 is 2.59 bits per heavy atom. The second-order valence-electron chi connectivity index (χ2n) is 6.09. The summed E-state index contributed by atoms with van der Waals surface area (Å²) >= 11 is 1.47. The molecule has 7 nitrogen and oxygen atoms in total. The van der Waals surface area contributed by atoms with E-state index in [4.69, 9.17) is 4.42 Å². The Morgan fingerprint density at radius 1 is 1.10 bits per heavy atom. The van der Waals surface area contributed by atoms with E-state index in [9.17, 15) is 9.59 Å². The molecule has 2 N–H and O–H groups in total. The molecule has 8 heteroatoms. The van der Waals surface area contributed by atoms with Gasteiger partial charge in [-0.1, -0.05) is 30.3 Å². The highest BCUT2D eigenvalue weighted by atomic mass is 32.2. The lowest BCUT2D eigenvalue weighted by atomic mass is 10.2. The molecule has 2 aromatic carbocycles. The molecule has 0 saturated carbocycles. The number of anilines is 1. The minimum atomic E-state index is -0.522. The number of thioether (sulfide) groups is 1. The quantitative estimate of drug-likeness (QED) is 0.580. The summed E-state index contributed by atoms with van der Waals surface area (Å²) in [6.45, 7) is 0.417. The van der Waals surface area contributed by atoms with Crippen LogP contribution in [0.3, 0.4) is 0 Å². The van der Waals surface area contributed by atoms with E-state index in [0.29, 0.717) is 29.6 Å². The van der Waals surface area contributed by atoms with E-state index in [2.05, 4.69) is 20.4 Å². The van der Waals surface area contributed by atoms with Gasteiger partial charge in [-0.15, -0.1) is 11.8 Å². The number of aromatic nitrogens is 1. The summed E-state index contributed by atoms with van der Waals surface area (Å²) in [5, 5.41) is 5.45. The van der Waals surface area contributed by atoms with Gasteiger partial charge in [0.1, 0.15) is 6.26 Å². The van der Waals surface area contributed by atoms with E-state index in [1.165, 1.54) is 18.9 Å². The van der Waals surface area contributed by atoms with E-state index in [1.807, 2.05) is 42.5 Å². The molecule has 2 amide bonds. The maximum atomic E-state index is 12.0. The summed E-state index contributed by atoms with van der Waals surface area (Å²) in [5.74, 6) is 1.45. The fourth-order valence-corrected chi connectivity index (χ4v) is 3.19. The fraction of sp³-hybridized carbons (Fsp3) is 0.190. The predicted molar refractivity (Wildman–Crippen MR) is 112 cm³/mol. The number of carbonyl (C=O) groups is 2. The zero-order chi connectivity index (χ0) is 20.5. The van der Waals surface area contributed by atoms with Gasteiger partial charge in [0.2, 0.25) is 11.8 Å². The van der Waals surface area contributed by atoms with Crippen LogP contribution in [0.5, 0.6) is 0 Å². The van der Waals surface area contributed by atoms with Crippen LogP contribution < -0.4 is 10.6 Å². The molecule has 0 atom stereocenters. The Labute approximate surface area is 172 Å². The number of oxazole rings is 1. The van der Waals surface area contributed by atoms with Crippen molar-refractivity contribution in [1.82, 2.24) is 10.3 Å². The van der Waals surface area contributed by atoms with Crippen molar-refractivity contribution in [2.75, 3.05) is 18.2 Å². The molecule has 3 aromatic rings. The number of nitrogens with zero attached hydrogens (tertiary/aromatic N) is 1. The minimum absolute atomic E-state index is 0.0569. The molecular formula is C21H21N3O4S. The van der Waals surface area contributed by atoms with Crippen LogP contribution in [0.25, 0.3) is 11.5 Å². The second-order valence-corrected chi connectivity index (χ2v) is 7.08. The standard InChI is InChI=1S/C21H21N3O4S/c1-27-21(26)24-17-9-7-15(8-10-17)11-22-19(25)14-29-13-18-12-28-20(23-18)16-5-3-2-4-6-16/h2-10,12H,11,13-14H2,1H3,(H,22,25)(H,24,26). The first-order chi connectivity index (χ1) is 14.1. The van der Waals surface area contributed by atoms with Crippen LogP contribution in [0.1, 0.15) is 11.3 Å². The van der Waals surface area contributed by atoms with Gasteiger partial charge in [0.05, 0.1) is 18.6 Å². The molecule has 0 fully saturated rings. The summed E-state index contributed by atoms with van der Waals surface area (Å²) in [4.78, 5) is 27.6. The third-order valence-electron chi connectivity index (χ3n) is 3.93. The predicted octanol–water partition coefficient (Wildman–Crippen LogP) is 4.07. The molecule has 0 saturated heterocycles. The van der Waals surface area contributed by atoms with Crippen LogP contribution in [-0.2, 0) is 21.8 Å².